The Bertz CT molecular complexity index is 803. The van der Waals surface area contributed by atoms with E-state index in [-0.39, 0.29) is 11.5 Å². The Labute approximate surface area is 137 Å². The number of ether oxygens (including phenoxy) is 1. The maximum Gasteiger partial charge on any atom is 0.336 e. The van der Waals surface area contributed by atoms with Crippen LogP contribution in [0.5, 0.6) is 17.2 Å². The molecule has 0 aliphatic carbocycles. The Kier molecular flexibility index (Phi) is 5.36. The summed E-state index contributed by atoms with van der Waals surface area (Å²) in [7, 11) is 0. The standard InChI is InChI=1S/C18H14O6/c19-15-8-3-13(11-16(15)20)5-10-18(23)24-14-6-1-12(2-7-14)4-9-17(21)22/h1-11,19-20H,(H,21,22). The third kappa shape index (κ3) is 5.03. The van der Waals surface area contributed by atoms with E-state index in [0.717, 1.165) is 6.08 Å². The molecule has 0 bridgehead atoms. The van der Waals surface area contributed by atoms with Crippen molar-refractivity contribution in [2.45, 2.75) is 0 Å². The molecule has 2 rings (SSSR count). The van der Waals surface area contributed by atoms with Crippen LogP contribution in [-0.2, 0) is 9.59 Å². The molecule has 0 heterocycles. The van der Waals surface area contributed by atoms with E-state index in [1.807, 2.05) is 0 Å². The summed E-state index contributed by atoms with van der Waals surface area (Å²) >= 11 is 0. The summed E-state index contributed by atoms with van der Waals surface area (Å²) in [5.41, 5.74) is 1.18. The molecule has 0 fully saturated rings. The molecule has 0 aliphatic rings. The van der Waals surface area contributed by atoms with Crippen molar-refractivity contribution >= 4 is 24.1 Å². The van der Waals surface area contributed by atoms with Crippen LogP contribution in [0.3, 0.4) is 0 Å². The van der Waals surface area contributed by atoms with Gasteiger partial charge in [0.2, 0.25) is 0 Å². The average Bonchev–Trinajstić information content (AvgIpc) is 2.55. The van der Waals surface area contributed by atoms with Crippen molar-refractivity contribution in [3.8, 4) is 17.2 Å². The van der Waals surface area contributed by atoms with Crippen molar-refractivity contribution < 1.29 is 29.6 Å². The Morgan fingerprint density at radius 1 is 0.833 bits per heavy atom. The van der Waals surface area contributed by atoms with Crippen LogP contribution in [0.2, 0.25) is 0 Å². The molecule has 0 spiro atoms. The topological polar surface area (TPSA) is 104 Å². The normalized spacial score (nSPS) is 11.0. The molecule has 0 saturated heterocycles. The smallest absolute Gasteiger partial charge is 0.336 e. The van der Waals surface area contributed by atoms with Gasteiger partial charge >= 0.3 is 11.9 Å². The van der Waals surface area contributed by atoms with E-state index >= 15 is 0 Å². The van der Waals surface area contributed by atoms with Gasteiger partial charge < -0.3 is 20.1 Å². The van der Waals surface area contributed by atoms with Crippen LogP contribution in [0.15, 0.2) is 54.6 Å². The number of carbonyl (C=O) groups excluding carboxylic acids is 1. The predicted molar refractivity (Wildman–Crippen MR) is 87.6 cm³/mol. The zero-order valence-electron chi connectivity index (χ0n) is 12.4. The maximum atomic E-state index is 11.7. The zero-order valence-corrected chi connectivity index (χ0v) is 12.4. The zero-order chi connectivity index (χ0) is 17.5. The van der Waals surface area contributed by atoms with Gasteiger partial charge in [-0.2, -0.15) is 0 Å². The van der Waals surface area contributed by atoms with Crippen molar-refractivity contribution in [3.63, 3.8) is 0 Å². The van der Waals surface area contributed by atoms with Crippen molar-refractivity contribution in [2.24, 2.45) is 0 Å². The van der Waals surface area contributed by atoms with E-state index in [2.05, 4.69) is 0 Å². The third-order valence-electron chi connectivity index (χ3n) is 2.93. The Morgan fingerprint density at radius 3 is 2.08 bits per heavy atom. The molecule has 0 saturated carbocycles. The lowest BCUT2D eigenvalue weighted by atomic mass is 10.2. The number of hydrogen-bond donors (Lipinski definition) is 3. The molecule has 6 nitrogen and oxygen atoms in total. The molecule has 0 atom stereocenters. The van der Waals surface area contributed by atoms with Gasteiger partial charge in [-0.05, 0) is 47.5 Å². The fraction of sp³-hybridized carbons (Fsp3) is 0. The van der Waals surface area contributed by atoms with Crippen LogP contribution < -0.4 is 4.74 Å². The SMILES string of the molecule is O=C(O)C=Cc1ccc(OC(=O)C=Cc2ccc(O)c(O)c2)cc1. The summed E-state index contributed by atoms with van der Waals surface area (Å²) < 4.78 is 5.09. The average molecular weight is 326 g/mol. The van der Waals surface area contributed by atoms with Gasteiger partial charge in [0.15, 0.2) is 11.5 Å². The first-order valence-electron chi connectivity index (χ1n) is 6.87. The molecule has 122 valence electrons. The molecule has 0 amide bonds. The minimum absolute atomic E-state index is 0.244. The number of phenolic OH excluding ortho intramolecular Hbond substituents is 2. The second kappa shape index (κ2) is 7.64. The number of carbonyl (C=O) groups is 2. The second-order valence-corrected chi connectivity index (χ2v) is 4.74. The van der Waals surface area contributed by atoms with E-state index in [4.69, 9.17) is 9.84 Å². The number of carboxylic acids is 1. The van der Waals surface area contributed by atoms with Gasteiger partial charge in [0.1, 0.15) is 5.75 Å². The van der Waals surface area contributed by atoms with E-state index < -0.39 is 11.9 Å². The summed E-state index contributed by atoms with van der Waals surface area (Å²) in [6, 6.07) is 10.5. The first-order chi connectivity index (χ1) is 11.4. The molecular formula is C18H14O6. The predicted octanol–water partition coefficient (Wildman–Crippen LogP) is 2.81. The van der Waals surface area contributed by atoms with Crippen molar-refractivity contribution in [1.29, 1.82) is 0 Å². The number of carboxylic acid groups (broad SMARTS) is 1. The Hall–Kier alpha value is -3.54. The summed E-state index contributed by atoms with van der Waals surface area (Å²) in [4.78, 5) is 22.1. The highest BCUT2D eigenvalue weighted by atomic mass is 16.5. The van der Waals surface area contributed by atoms with E-state index in [1.165, 1.54) is 36.4 Å². The van der Waals surface area contributed by atoms with E-state index in [0.29, 0.717) is 16.9 Å². The first-order valence-corrected chi connectivity index (χ1v) is 6.87. The van der Waals surface area contributed by atoms with Gasteiger partial charge in [-0.15, -0.1) is 0 Å². The molecule has 0 unspecified atom stereocenters. The van der Waals surface area contributed by atoms with Crippen LogP contribution in [0.4, 0.5) is 0 Å². The molecule has 0 radical (unpaired) electrons. The minimum Gasteiger partial charge on any atom is -0.504 e. The summed E-state index contributed by atoms with van der Waals surface area (Å²) in [5, 5.41) is 27.1. The summed E-state index contributed by atoms with van der Waals surface area (Å²) in [6.45, 7) is 0. The number of rotatable bonds is 5. The third-order valence-corrected chi connectivity index (χ3v) is 2.93. The van der Waals surface area contributed by atoms with Gasteiger partial charge in [0.05, 0.1) is 0 Å². The molecule has 2 aromatic rings. The lowest BCUT2D eigenvalue weighted by molar-refractivity contribution is -0.131. The summed E-state index contributed by atoms with van der Waals surface area (Å²) in [5.74, 6) is -1.87. The fourth-order valence-corrected chi connectivity index (χ4v) is 1.77. The maximum absolute atomic E-state index is 11.7. The molecular weight excluding hydrogens is 312 g/mol. The number of benzene rings is 2. The lowest BCUT2D eigenvalue weighted by Gasteiger charge is -2.02. The Morgan fingerprint density at radius 2 is 1.46 bits per heavy atom. The molecule has 0 aliphatic heterocycles. The number of aliphatic carboxylic acids is 1. The number of hydrogen-bond acceptors (Lipinski definition) is 5. The molecule has 2 aromatic carbocycles. The minimum atomic E-state index is -1.05. The van der Waals surface area contributed by atoms with Crippen molar-refractivity contribution in [1.82, 2.24) is 0 Å². The number of aromatic hydroxyl groups is 2. The van der Waals surface area contributed by atoms with Crippen LogP contribution >= 0.6 is 0 Å². The van der Waals surface area contributed by atoms with Gasteiger partial charge in [-0.3, -0.25) is 0 Å². The van der Waals surface area contributed by atoms with Crippen molar-refractivity contribution in [3.05, 3.63) is 65.7 Å². The van der Waals surface area contributed by atoms with Gasteiger partial charge in [-0.1, -0.05) is 18.2 Å². The van der Waals surface area contributed by atoms with Crippen LogP contribution in [0, 0.1) is 0 Å². The number of phenols is 2. The van der Waals surface area contributed by atoms with Crippen LogP contribution in [0.25, 0.3) is 12.2 Å². The van der Waals surface area contributed by atoms with Crippen molar-refractivity contribution in [2.75, 3.05) is 0 Å². The highest BCUT2D eigenvalue weighted by Crippen LogP contribution is 2.25. The highest BCUT2D eigenvalue weighted by molar-refractivity contribution is 5.89. The van der Waals surface area contributed by atoms with Crippen LogP contribution in [0.1, 0.15) is 11.1 Å². The monoisotopic (exact) mass is 326 g/mol. The molecule has 0 aromatic heterocycles. The van der Waals surface area contributed by atoms with E-state index in [9.17, 15) is 19.8 Å². The molecule has 3 N–H and O–H groups in total. The summed E-state index contributed by atoms with van der Waals surface area (Å²) in [6.07, 6.45) is 5.05. The largest absolute Gasteiger partial charge is 0.504 e. The van der Waals surface area contributed by atoms with Gasteiger partial charge in [0.25, 0.3) is 0 Å². The molecule has 24 heavy (non-hydrogen) atoms. The Balaban J connectivity index is 1.97. The lowest BCUT2D eigenvalue weighted by Crippen LogP contribution is -2.03. The van der Waals surface area contributed by atoms with Crippen LogP contribution in [-0.4, -0.2) is 27.3 Å². The van der Waals surface area contributed by atoms with E-state index in [1.54, 1.807) is 24.3 Å². The first kappa shape index (κ1) is 16.8. The molecule has 6 heteroatoms. The van der Waals surface area contributed by atoms with Gasteiger partial charge in [-0.25, -0.2) is 9.59 Å². The quantitative estimate of drug-likeness (QED) is 0.338. The van der Waals surface area contributed by atoms with Gasteiger partial charge in [0, 0.05) is 12.2 Å². The highest BCUT2D eigenvalue weighted by Gasteiger charge is 2.02. The fourth-order valence-electron chi connectivity index (χ4n) is 1.77. The second-order valence-electron chi connectivity index (χ2n) is 4.74. The number of esters is 1.